The molecule has 0 spiro atoms. The topological polar surface area (TPSA) is 46.4 Å². The second-order valence-electron chi connectivity index (χ2n) is 5.64. The van der Waals surface area contributed by atoms with Gasteiger partial charge in [-0.1, -0.05) is 25.0 Å². The van der Waals surface area contributed by atoms with Crippen molar-refractivity contribution >= 4 is 18.1 Å². The van der Waals surface area contributed by atoms with Crippen LogP contribution < -0.4 is 0 Å². The van der Waals surface area contributed by atoms with Gasteiger partial charge in [0.15, 0.2) is 6.21 Å². The normalized spacial score (nSPS) is 26.1. The zero-order valence-corrected chi connectivity index (χ0v) is 12.6. The van der Waals surface area contributed by atoms with Crippen LogP contribution in [-0.2, 0) is 14.3 Å². The van der Waals surface area contributed by atoms with Crippen molar-refractivity contribution in [2.45, 2.75) is 52.5 Å². The van der Waals surface area contributed by atoms with Gasteiger partial charge in [0.05, 0.1) is 12.5 Å². The molecular formula is C16H24NO3+. The van der Waals surface area contributed by atoms with Gasteiger partial charge in [0, 0.05) is 6.92 Å². The van der Waals surface area contributed by atoms with Crippen molar-refractivity contribution in [1.29, 1.82) is 0 Å². The van der Waals surface area contributed by atoms with Gasteiger partial charge in [-0.3, -0.25) is 0 Å². The lowest BCUT2D eigenvalue weighted by Gasteiger charge is -2.07. The van der Waals surface area contributed by atoms with Gasteiger partial charge >= 0.3 is 11.9 Å². The zero-order valence-electron chi connectivity index (χ0n) is 12.6. The molecule has 3 atom stereocenters. The first-order valence-electron chi connectivity index (χ1n) is 7.61. The molecule has 0 unspecified atom stereocenters. The Balaban J connectivity index is 2.02. The number of carbonyl (C=O) groups excluding carboxylic acids is 2. The third-order valence-corrected chi connectivity index (χ3v) is 4.16. The average Bonchev–Trinajstić information content (AvgIpc) is 2.95. The van der Waals surface area contributed by atoms with E-state index in [1.807, 2.05) is 6.21 Å². The maximum atomic E-state index is 12.4. The van der Waals surface area contributed by atoms with E-state index in [9.17, 15) is 9.59 Å². The lowest BCUT2D eigenvalue weighted by atomic mass is 9.98. The Hall–Kier alpha value is -1.45. The molecule has 0 saturated carbocycles. The van der Waals surface area contributed by atoms with Gasteiger partial charge in [-0.15, -0.1) is 0 Å². The van der Waals surface area contributed by atoms with Crippen LogP contribution >= 0.6 is 0 Å². The summed E-state index contributed by atoms with van der Waals surface area (Å²) < 4.78 is 6.56. The Labute approximate surface area is 120 Å². The lowest BCUT2D eigenvalue weighted by Crippen LogP contribution is -2.36. The largest absolute Gasteiger partial charge is 0.461 e. The van der Waals surface area contributed by atoms with Crippen molar-refractivity contribution in [2.24, 2.45) is 11.8 Å². The number of rotatable bonds is 6. The number of hydrogen-bond donors (Lipinski definition) is 0. The third kappa shape index (κ3) is 2.84. The van der Waals surface area contributed by atoms with Gasteiger partial charge in [-0.05, 0) is 26.2 Å². The maximum Gasteiger partial charge on any atom is 0.395 e. The predicted molar refractivity (Wildman–Crippen MR) is 76.6 cm³/mol. The van der Waals surface area contributed by atoms with E-state index in [1.165, 1.54) is 18.4 Å². The smallest absolute Gasteiger partial charge is 0.395 e. The summed E-state index contributed by atoms with van der Waals surface area (Å²) >= 11 is 0. The van der Waals surface area contributed by atoms with Crippen LogP contribution in [0.3, 0.4) is 0 Å². The molecule has 0 N–H and O–H groups in total. The SMILES string of the molecule is CCCCC1=C[C@@H]2C(=O)[N+]([C@@H](C)C(=O)OCC)=C[C@@H]2C1. The van der Waals surface area contributed by atoms with Crippen LogP contribution in [0.15, 0.2) is 11.6 Å². The van der Waals surface area contributed by atoms with E-state index in [-0.39, 0.29) is 23.7 Å². The molecule has 0 radical (unpaired) electrons. The van der Waals surface area contributed by atoms with E-state index >= 15 is 0 Å². The molecule has 2 rings (SSSR count). The van der Waals surface area contributed by atoms with E-state index in [0.717, 1.165) is 12.8 Å². The van der Waals surface area contributed by atoms with Crippen LogP contribution in [0.2, 0.25) is 0 Å². The Kier molecular flexibility index (Phi) is 4.73. The fraction of sp³-hybridized carbons (Fsp3) is 0.688. The predicted octanol–water partition coefficient (Wildman–Crippen LogP) is 2.31. The van der Waals surface area contributed by atoms with Crippen molar-refractivity contribution in [1.82, 2.24) is 0 Å². The third-order valence-electron chi connectivity index (χ3n) is 4.16. The summed E-state index contributed by atoms with van der Waals surface area (Å²) in [6.07, 6.45) is 8.47. The van der Waals surface area contributed by atoms with Crippen LogP contribution in [0.25, 0.3) is 0 Å². The number of unbranched alkanes of at least 4 members (excludes halogenated alkanes) is 1. The van der Waals surface area contributed by atoms with E-state index < -0.39 is 6.04 Å². The highest BCUT2D eigenvalue weighted by atomic mass is 16.5. The molecule has 0 saturated heterocycles. The van der Waals surface area contributed by atoms with Crippen LogP contribution in [0.4, 0.5) is 0 Å². The summed E-state index contributed by atoms with van der Waals surface area (Å²) in [5, 5.41) is 0. The number of nitrogens with zero attached hydrogens (tertiary/aromatic N) is 1. The molecule has 1 heterocycles. The summed E-state index contributed by atoms with van der Waals surface area (Å²) in [6.45, 7) is 6.03. The highest BCUT2D eigenvalue weighted by Gasteiger charge is 2.48. The molecular weight excluding hydrogens is 254 g/mol. The van der Waals surface area contributed by atoms with Crippen molar-refractivity contribution in [3.05, 3.63) is 11.6 Å². The van der Waals surface area contributed by atoms with E-state index in [0.29, 0.717) is 6.61 Å². The number of carbonyl (C=O) groups is 2. The molecule has 4 nitrogen and oxygen atoms in total. The number of allylic oxidation sites excluding steroid dienone is 1. The van der Waals surface area contributed by atoms with Crippen LogP contribution in [-0.4, -0.2) is 35.3 Å². The first kappa shape index (κ1) is 14.9. The van der Waals surface area contributed by atoms with Crippen molar-refractivity contribution in [2.75, 3.05) is 6.61 Å². The number of amides is 1. The fourth-order valence-electron chi connectivity index (χ4n) is 3.01. The Morgan fingerprint density at radius 1 is 1.50 bits per heavy atom. The standard InChI is InChI=1S/C16H24NO3/c1-4-6-7-12-8-13-10-17(15(18)14(13)9-12)11(3)16(19)20-5-2/h9-11,13-14H,4-8H2,1-3H3/q+1/t11-,13-,14-/m0/s1. The Bertz CT molecular complexity index is 464. The molecule has 2 aliphatic rings. The van der Waals surface area contributed by atoms with Gasteiger partial charge in [0.25, 0.3) is 6.04 Å². The van der Waals surface area contributed by atoms with Crippen molar-refractivity contribution in [3.63, 3.8) is 0 Å². The second-order valence-corrected chi connectivity index (χ2v) is 5.64. The average molecular weight is 278 g/mol. The number of esters is 1. The highest BCUT2D eigenvalue weighted by molar-refractivity contribution is 5.89. The molecule has 0 aromatic rings. The van der Waals surface area contributed by atoms with E-state index in [1.54, 1.807) is 18.4 Å². The summed E-state index contributed by atoms with van der Waals surface area (Å²) in [7, 11) is 0. The quantitative estimate of drug-likeness (QED) is 0.425. The molecule has 0 aromatic carbocycles. The summed E-state index contributed by atoms with van der Waals surface area (Å²) in [5.74, 6) is -0.0979. The summed E-state index contributed by atoms with van der Waals surface area (Å²) in [5.41, 5.74) is 1.40. The second kappa shape index (κ2) is 6.33. The molecule has 1 aliphatic carbocycles. The number of ether oxygens (including phenoxy) is 1. The fourth-order valence-corrected chi connectivity index (χ4v) is 3.01. The molecule has 0 fully saturated rings. The number of fused-ring (bicyclic) bond motifs is 1. The minimum Gasteiger partial charge on any atom is -0.461 e. The van der Waals surface area contributed by atoms with Gasteiger partial charge in [-0.25, -0.2) is 9.59 Å². The first-order valence-corrected chi connectivity index (χ1v) is 7.61. The van der Waals surface area contributed by atoms with Gasteiger partial charge < -0.3 is 4.74 Å². The van der Waals surface area contributed by atoms with Crippen LogP contribution in [0, 0.1) is 11.8 Å². The van der Waals surface area contributed by atoms with E-state index in [2.05, 4.69) is 13.0 Å². The van der Waals surface area contributed by atoms with E-state index in [4.69, 9.17) is 4.74 Å². The molecule has 0 aromatic heterocycles. The molecule has 110 valence electrons. The zero-order chi connectivity index (χ0) is 14.7. The lowest BCUT2D eigenvalue weighted by molar-refractivity contribution is -0.467. The molecule has 1 amide bonds. The molecule has 0 bridgehead atoms. The maximum absolute atomic E-state index is 12.4. The first-order chi connectivity index (χ1) is 9.58. The minimum absolute atomic E-state index is 0.0436. The van der Waals surface area contributed by atoms with Crippen LogP contribution in [0.5, 0.6) is 0 Å². The number of hydrogen-bond acceptors (Lipinski definition) is 3. The van der Waals surface area contributed by atoms with Gasteiger partial charge in [-0.2, -0.15) is 4.58 Å². The molecule has 4 heteroatoms. The molecule has 1 aliphatic heterocycles. The Morgan fingerprint density at radius 2 is 2.25 bits per heavy atom. The summed E-state index contributed by atoms with van der Waals surface area (Å²) in [6, 6.07) is -0.513. The summed E-state index contributed by atoms with van der Waals surface area (Å²) in [4.78, 5) is 24.1. The van der Waals surface area contributed by atoms with Crippen molar-refractivity contribution < 1.29 is 18.9 Å². The van der Waals surface area contributed by atoms with Crippen molar-refractivity contribution in [3.8, 4) is 0 Å². The van der Waals surface area contributed by atoms with Crippen LogP contribution in [0.1, 0.15) is 46.5 Å². The van der Waals surface area contributed by atoms with Gasteiger partial charge in [0.1, 0.15) is 5.92 Å². The monoisotopic (exact) mass is 278 g/mol. The minimum atomic E-state index is -0.513. The Morgan fingerprint density at radius 3 is 2.85 bits per heavy atom. The van der Waals surface area contributed by atoms with Gasteiger partial charge in [0.2, 0.25) is 0 Å². The molecule has 20 heavy (non-hydrogen) atoms. The highest BCUT2D eigenvalue weighted by Crippen LogP contribution is 2.36.